The van der Waals surface area contributed by atoms with Gasteiger partial charge in [0.2, 0.25) is 10.0 Å². The first-order valence-electron chi connectivity index (χ1n) is 10.1. The lowest BCUT2D eigenvalue weighted by molar-refractivity contribution is -0.155. The van der Waals surface area contributed by atoms with Crippen LogP contribution < -0.4 is 10.2 Å². The summed E-state index contributed by atoms with van der Waals surface area (Å²) in [5.41, 5.74) is -0.908. The van der Waals surface area contributed by atoms with Gasteiger partial charge >= 0.3 is 13.1 Å². The number of hydrogen-bond donors (Lipinski definition) is 1. The van der Waals surface area contributed by atoms with Crippen LogP contribution in [0.2, 0.25) is 5.02 Å². The van der Waals surface area contributed by atoms with Crippen molar-refractivity contribution in [2.24, 2.45) is 0 Å². The molecule has 3 rings (SSSR count). The van der Waals surface area contributed by atoms with Crippen molar-refractivity contribution in [3.63, 3.8) is 0 Å². The minimum absolute atomic E-state index is 0.00873. The van der Waals surface area contributed by atoms with Crippen LogP contribution in [0.4, 0.5) is 5.82 Å². The van der Waals surface area contributed by atoms with E-state index in [0.717, 1.165) is 6.26 Å². The van der Waals surface area contributed by atoms with Crippen LogP contribution in [0.25, 0.3) is 10.9 Å². The highest BCUT2D eigenvalue weighted by Crippen LogP contribution is 2.38. The van der Waals surface area contributed by atoms with Gasteiger partial charge in [-0.25, -0.2) is 8.42 Å². The van der Waals surface area contributed by atoms with Gasteiger partial charge in [0.25, 0.3) is 0 Å². The highest BCUT2D eigenvalue weighted by atomic mass is 35.5. The molecular weight excluding hydrogens is 457 g/mol. The number of esters is 1. The van der Waals surface area contributed by atoms with Crippen LogP contribution in [-0.2, 0) is 35.4 Å². The van der Waals surface area contributed by atoms with Crippen molar-refractivity contribution < 1.29 is 27.3 Å². The number of nitrogens with zero attached hydrogens (tertiary/aromatic N) is 2. The first-order chi connectivity index (χ1) is 14.4. The number of sulfonamides is 1. The topological polar surface area (TPSA) is 109 Å². The molecule has 0 unspecified atom stereocenters. The number of fused-ring (bicyclic) bond motifs is 1. The van der Waals surface area contributed by atoms with Gasteiger partial charge in [0, 0.05) is 5.46 Å². The van der Waals surface area contributed by atoms with Gasteiger partial charge in [0.05, 0.1) is 33.4 Å². The van der Waals surface area contributed by atoms with Crippen LogP contribution >= 0.6 is 11.6 Å². The monoisotopic (exact) mass is 485 g/mol. The van der Waals surface area contributed by atoms with Crippen molar-refractivity contribution in [2.75, 3.05) is 11.0 Å². The van der Waals surface area contributed by atoms with Crippen molar-refractivity contribution in [2.45, 2.75) is 71.8 Å². The van der Waals surface area contributed by atoms with Gasteiger partial charge in [-0.15, -0.1) is 0 Å². The summed E-state index contributed by atoms with van der Waals surface area (Å²) < 4.78 is 45.4. The van der Waals surface area contributed by atoms with E-state index in [-0.39, 0.29) is 17.4 Å². The Morgan fingerprint density at radius 1 is 1.22 bits per heavy atom. The molecule has 0 bridgehead atoms. The Labute approximate surface area is 193 Å². The van der Waals surface area contributed by atoms with Crippen LogP contribution in [0.15, 0.2) is 12.1 Å². The van der Waals surface area contributed by atoms with E-state index in [1.807, 2.05) is 27.7 Å². The Morgan fingerprint density at radius 2 is 1.78 bits per heavy atom. The summed E-state index contributed by atoms with van der Waals surface area (Å²) in [7, 11) is -4.44. The van der Waals surface area contributed by atoms with Crippen LogP contribution in [-0.4, -0.2) is 54.3 Å². The van der Waals surface area contributed by atoms with Gasteiger partial charge in [-0.05, 0) is 54.5 Å². The molecule has 0 aliphatic carbocycles. The zero-order valence-electron chi connectivity index (χ0n) is 19.6. The summed E-state index contributed by atoms with van der Waals surface area (Å²) in [6, 6.07) is 3.35. The van der Waals surface area contributed by atoms with E-state index >= 15 is 0 Å². The highest BCUT2D eigenvalue weighted by Gasteiger charge is 2.52. The standard InChI is InChI=1S/C20H29BClN3O6S/c1-18(2,3)29-14(26)11-25-16-12(21-30-19(4,5)20(6,7)31-21)9-10-13(22)15(16)17(23-25)24-32(8,27)28/h9-10H,11H2,1-8H3,(H,23,24). The van der Waals surface area contributed by atoms with Crippen LogP contribution in [0.5, 0.6) is 0 Å². The van der Waals surface area contributed by atoms with Gasteiger partial charge in [-0.3, -0.25) is 14.2 Å². The second kappa shape index (κ2) is 7.90. The quantitative estimate of drug-likeness (QED) is 0.512. The second-order valence-corrected chi connectivity index (χ2v) is 12.1. The number of ether oxygens (including phenoxy) is 1. The summed E-state index contributed by atoms with van der Waals surface area (Å²) in [6.45, 7) is 12.7. The third-order valence-corrected chi connectivity index (χ3v) is 6.24. The summed E-state index contributed by atoms with van der Waals surface area (Å²) >= 11 is 6.45. The number of carbonyl (C=O) groups is 1. The Bertz CT molecular complexity index is 1150. The molecule has 1 aliphatic heterocycles. The lowest BCUT2D eigenvalue weighted by Crippen LogP contribution is -2.41. The lowest BCUT2D eigenvalue weighted by Gasteiger charge is -2.32. The first-order valence-corrected chi connectivity index (χ1v) is 12.4. The Kier molecular flexibility index (Phi) is 6.12. The fourth-order valence-electron chi connectivity index (χ4n) is 3.32. The molecule has 12 heteroatoms. The van der Waals surface area contributed by atoms with E-state index in [1.165, 1.54) is 4.68 Å². The largest absolute Gasteiger partial charge is 0.497 e. The number of carbonyl (C=O) groups excluding carboxylic acids is 1. The SMILES string of the molecule is CC(C)(C)OC(=O)Cn1nc(NS(C)(=O)=O)c2c(Cl)ccc(B3OC(C)(C)C(C)(C)O3)c21. The number of halogens is 1. The summed E-state index contributed by atoms with van der Waals surface area (Å²) in [5, 5.41) is 4.95. The van der Waals surface area contributed by atoms with Crippen LogP contribution in [0.3, 0.4) is 0 Å². The van der Waals surface area contributed by atoms with E-state index in [0.29, 0.717) is 16.4 Å². The number of rotatable bonds is 5. The Morgan fingerprint density at radius 3 is 2.28 bits per heavy atom. The van der Waals surface area contributed by atoms with Crippen molar-refractivity contribution in [3.8, 4) is 0 Å². The van der Waals surface area contributed by atoms with Crippen molar-refractivity contribution in [3.05, 3.63) is 17.2 Å². The molecule has 176 valence electrons. The number of aromatic nitrogens is 2. The first kappa shape index (κ1) is 24.8. The molecule has 0 amide bonds. The molecular formula is C20H29BClN3O6S. The molecule has 32 heavy (non-hydrogen) atoms. The number of benzene rings is 1. The molecule has 1 fully saturated rings. The minimum Gasteiger partial charge on any atom is -0.459 e. The minimum atomic E-state index is -3.66. The van der Waals surface area contributed by atoms with Gasteiger partial charge < -0.3 is 14.0 Å². The summed E-state index contributed by atoms with van der Waals surface area (Å²) in [4.78, 5) is 12.6. The smallest absolute Gasteiger partial charge is 0.459 e. The third-order valence-electron chi connectivity index (χ3n) is 5.36. The zero-order chi connectivity index (χ0) is 24.3. The average molecular weight is 486 g/mol. The van der Waals surface area contributed by atoms with Crippen molar-refractivity contribution in [1.29, 1.82) is 0 Å². The van der Waals surface area contributed by atoms with E-state index in [2.05, 4.69) is 9.82 Å². The maximum Gasteiger partial charge on any atom is 0.497 e. The average Bonchev–Trinajstić information content (AvgIpc) is 2.99. The van der Waals surface area contributed by atoms with Crippen molar-refractivity contribution >= 4 is 56.9 Å². The number of hydrogen-bond acceptors (Lipinski definition) is 7. The van der Waals surface area contributed by atoms with Gasteiger partial charge in [0.15, 0.2) is 5.82 Å². The Hall–Kier alpha value is -1.82. The second-order valence-electron chi connectivity index (χ2n) is 9.92. The molecule has 1 saturated heterocycles. The third kappa shape index (κ3) is 5.06. The lowest BCUT2D eigenvalue weighted by atomic mass is 9.77. The predicted octanol–water partition coefficient (Wildman–Crippen LogP) is 2.70. The Balaban J connectivity index is 2.19. The van der Waals surface area contributed by atoms with Crippen molar-refractivity contribution in [1.82, 2.24) is 9.78 Å². The highest BCUT2D eigenvalue weighted by molar-refractivity contribution is 7.92. The van der Waals surface area contributed by atoms with Crippen LogP contribution in [0.1, 0.15) is 48.5 Å². The fraction of sp³-hybridized carbons (Fsp3) is 0.600. The molecule has 1 aromatic carbocycles. The van der Waals surface area contributed by atoms with Gasteiger partial charge in [-0.2, -0.15) is 5.10 Å². The molecule has 0 saturated carbocycles. The molecule has 2 heterocycles. The maximum atomic E-state index is 12.6. The predicted molar refractivity (Wildman–Crippen MR) is 125 cm³/mol. The van der Waals surface area contributed by atoms with Gasteiger partial charge in [0.1, 0.15) is 12.1 Å². The van der Waals surface area contributed by atoms with E-state index in [9.17, 15) is 13.2 Å². The molecule has 1 aromatic heterocycles. The number of nitrogens with one attached hydrogen (secondary N) is 1. The van der Waals surface area contributed by atoms with E-state index < -0.39 is 39.9 Å². The van der Waals surface area contributed by atoms with E-state index in [4.69, 9.17) is 25.6 Å². The molecule has 0 radical (unpaired) electrons. The molecule has 0 spiro atoms. The number of anilines is 1. The summed E-state index contributed by atoms with van der Waals surface area (Å²) in [5.74, 6) is -0.526. The summed E-state index contributed by atoms with van der Waals surface area (Å²) in [6.07, 6.45) is 1.01. The zero-order valence-corrected chi connectivity index (χ0v) is 21.1. The maximum absolute atomic E-state index is 12.6. The normalized spacial score (nSPS) is 18.2. The molecule has 2 aromatic rings. The van der Waals surface area contributed by atoms with Crippen LogP contribution in [0, 0.1) is 0 Å². The molecule has 9 nitrogen and oxygen atoms in total. The van der Waals surface area contributed by atoms with E-state index in [1.54, 1.807) is 32.9 Å². The fourth-order valence-corrected chi connectivity index (χ4v) is 4.06. The molecule has 0 atom stereocenters. The molecule has 1 N–H and O–H groups in total. The van der Waals surface area contributed by atoms with Gasteiger partial charge in [-0.1, -0.05) is 17.7 Å². The molecule has 1 aliphatic rings.